The number of hydrogen-bond acceptors (Lipinski definition) is 8. The molecule has 3 saturated heterocycles. The number of aliphatic hydroxyl groups is 1. The van der Waals surface area contributed by atoms with Crippen molar-refractivity contribution in [2.45, 2.75) is 50.8 Å². The number of benzene rings is 1. The highest BCUT2D eigenvalue weighted by molar-refractivity contribution is 7.92. The molecule has 0 amide bonds. The number of sulfonamides is 1. The quantitative estimate of drug-likeness (QED) is 0.454. The maximum Gasteiger partial charge on any atom is 0.229 e. The van der Waals surface area contributed by atoms with Crippen LogP contribution in [0, 0.1) is 0 Å². The summed E-state index contributed by atoms with van der Waals surface area (Å²) in [5.74, 6) is 1.93. The smallest absolute Gasteiger partial charge is 0.229 e. The van der Waals surface area contributed by atoms with E-state index in [-0.39, 0.29) is 12.1 Å². The van der Waals surface area contributed by atoms with Gasteiger partial charge in [-0.1, -0.05) is 18.0 Å². The lowest BCUT2D eigenvalue weighted by Crippen LogP contribution is -2.38. The minimum absolute atomic E-state index is 0.0694. The van der Waals surface area contributed by atoms with Crippen molar-refractivity contribution in [3.8, 4) is 0 Å². The van der Waals surface area contributed by atoms with Gasteiger partial charge in [0.1, 0.15) is 11.6 Å². The molecular formula is C26H34ClN7O3S. The molecule has 1 aromatic carbocycles. The normalized spacial score (nSPS) is 22.7. The fourth-order valence-corrected chi connectivity index (χ4v) is 6.53. The van der Waals surface area contributed by atoms with Crippen molar-refractivity contribution in [1.29, 1.82) is 0 Å². The lowest BCUT2D eigenvalue weighted by atomic mass is 9.98. The molecule has 3 aromatic rings. The molecule has 0 radical (unpaired) electrons. The van der Waals surface area contributed by atoms with Gasteiger partial charge in [0, 0.05) is 49.9 Å². The van der Waals surface area contributed by atoms with Crippen LogP contribution in [0.25, 0.3) is 5.65 Å². The second-order valence-electron chi connectivity index (χ2n) is 10.7. The molecular weight excluding hydrogens is 526 g/mol. The molecule has 3 fully saturated rings. The van der Waals surface area contributed by atoms with Gasteiger partial charge in [-0.05, 0) is 56.0 Å². The lowest BCUT2D eigenvalue weighted by Gasteiger charge is -2.35. The van der Waals surface area contributed by atoms with Crippen molar-refractivity contribution in [2.75, 3.05) is 53.5 Å². The molecule has 3 aliphatic heterocycles. The van der Waals surface area contributed by atoms with Crippen LogP contribution < -0.4 is 14.5 Å². The van der Waals surface area contributed by atoms with Gasteiger partial charge in [-0.2, -0.15) is 9.61 Å². The summed E-state index contributed by atoms with van der Waals surface area (Å²) in [6, 6.07) is 9.53. The zero-order chi connectivity index (χ0) is 26.4. The fraction of sp³-hybridized carbons (Fsp3) is 0.538. The number of halogens is 1. The Morgan fingerprint density at radius 2 is 1.89 bits per heavy atom. The average Bonchev–Trinajstić information content (AvgIpc) is 3.45. The molecule has 0 aliphatic carbocycles. The minimum Gasteiger partial charge on any atom is -0.391 e. The Kier molecular flexibility index (Phi) is 6.88. The van der Waals surface area contributed by atoms with E-state index in [0.29, 0.717) is 23.8 Å². The molecule has 0 bridgehead atoms. The molecule has 3 aliphatic rings. The predicted molar refractivity (Wildman–Crippen MR) is 150 cm³/mol. The number of β-amino-alcohol motifs (C(OH)–C–C–N with tert-alkyl or cyclic N) is 1. The van der Waals surface area contributed by atoms with E-state index >= 15 is 0 Å². The summed E-state index contributed by atoms with van der Waals surface area (Å²) in [5.41, 5.74) is 3.16. The molecule has 6 rings (SSSR count). The molecule has 12 heteroatoms. The summed E-state index contributed by atoms with van der Waals surface area (Å²) >= 11 is 6.31. The van der Waals surface area contributed by atoms with Gasteiger partial charge in [-0.15, -0.1) is 0 Å². The van der Waals surface area contributed by atoms with Crippen LogP contribution in [-0.4, -0.2) is 78.1 Å². The Balaban J connectivity index is 1.35. The Hall–Kier alpha value is -2.60. The van der Waals surface area contributed by atoms with Gasteiger partial charge >= 0.3 is 0 Å². The van der Waals surface area contributed by atoms with Crippen LogP contribution in [0.1, 0.15) is 49.4 Å². The van der Waals surface area contributed by atoms with Crippen LogP contribution in [0.4, 0.5) is 17.3 Å². The highest BCUT2D eigenvalue weighted by Crippen LogP contribution is 2.35. The van der Waals surface area contributed by atoms with Crippen LogP contribution in [0.2, 0.25) is 5.02 Å². The summed E-state index contributed by atoms with van der Waals surface area (Å²) in [4.78, 5) is 11.8. The molecule has 0 saturated carbocycles. The van der Waals surface area contributed by atoms with Gasteiger partial charge in [0.2, 0.25) is 10.0 Å². The minimum atomic E-state index is -3.42. The number of aliphatic hydroxyl groups excluding tert-OH is 1. The van der Waals surface area contributed by atoms with Crippen LogP contribution in [0.5, 0.6) is 0 Å². The molecule has 204 valence electrons. The second-order valence-corrected chi connectivity index (χ2v) is 12.9. The molecule has 38 heavy (non-hydrogen) atoms. The molecule has 2 unspecified atom stereocenters. The van der Waals surface area contributed by atoms with E-state index in [4.69, 9.17) is 21.7 Å². The SMILES string of the molecule is CS(=O)(=O)Nc1ccc(Cl)cc1CN1CCCCC1c1cc2nc(N3CCC3)cc(N3CCC(O)C3)n2n1. The van der Waals surface area contributed by atoms with Crippen LogP contribution in [-0.2, 0) is 16.6 Å². The Morgan fingerprint density at radius 1 is 1.05 bits per heavy atom. The summed E-state index contributed by atoms with van der Waals surface area (Å²) in [7, 11) is -3.42. The summed E-state index contributed by atoms with van der Waals surface area (Å²) in [5, 5.41) is 15.9. The van der Waals surface area contributed by atoms with Crippen molar-refractivity contribution in [3.05, 3.63) is 46.6 Å². The standard InChI is InChI=1S/C26H34ClN7O3S/c1-38(36,37)30-21-7-6-19(27)13-18(21)16-32-9-3-2-5-23(32)22-14-25-28-24(31-10-4-11-31)15-26(34(25)29-22)33-12-8-20(35)17-33/h6-7,13-15,20,23,30,35H,2-5,8-12,16-17H2,1H3. The largest absolute Gasteiger partial charge is 0.391 e. The van der Waals surface area contributed by atoms with E-state index < -0.39 is 10.0 Å². The molecule has 10 nitrogen and oxygen atoms in total. The third-order valence-electron chi connectivity index (χ3n) is 7.77. The molecule has 2 N–H and O–H groups in total. The highest BCUT2D eigenvalue weighted by atomic mass is 35.5. The number of fused-ring (bicyclic) bond motifs is 1. The predicted octanol–water partition coefficient (Wildman–Crippen LogP) is 3.26. The fourth-order valence-electron chi connectivity index (χ4n) is 5.74. The first-order chi connectivity index (χ1) is 18.2. The maximum atomic E-state index is 12.0. The third-order valence-corrected chi connectivity index (χ3v) is 8.60. The highest BCUT2D eigenvalue weighted by Gasteiger charge is 2.30. The van der Waals surface area contributed by atoms with Gasteiger partial charge in [-0.3, -0.25) is 9.62 Å². The van der Waals surface area contributed by atoms with Gasteiger partial charge < -0.3 is 14.9 Å². The number of nitrogens with zero attached hydrogens (tertiary/aromatic N) is 6. The molecule has 0 spiro atoms. The van der Waals surface area contributed by atoms with E-state index in [9.17, 15) is 13.5 Å². The van der Waals surface area contributed by atoms with Gasteiger partial charge in [0.25, 0.3) is 0 Å². The van der Waals surface area contributed by atoms with E-state index in [0.717, 1.165) is 86.7 Å². The van der Waals surface area contributed by atoms with Gasteiger partial charge in [0.05, 0.1) is 29.8 Å². The Bertz CT molecular complexity index is 1440. The van der Waals surface area contributed by atoms with Crippen LogP contribution in [0.15, 0.2) is 30.3 Å². The second kappa shape index (κ2) is 10.2. The van der Waals surface area contributed by atoms with Crippen LogP contribution in [0.3, 0.4) is 0 Å². The molecule has 2 atom stereocenters. The van der Waals surface area contributed by atoms with E-state index in [1.807, 2.05) is 10.6 Å². The maximum absolute atomic E-state index is 12.0. The number of likely N-dealkylation sites (tertiary alicyclic amines) is 1. The van der Waals surface area contributed by atoms with Gasteiger partial charge in [-0.25, -0.2) is 13.4 Å². The first-order valence-electron chi connectivity index (χ1n) is 13.3. The van der Waals surface area contributed by atoms with Gasteiger partial charge in [0.15, 0.2) is 5.65 Å². The van der Waals surface area contributed by atoms with Crippen molar-refractivity contribution in [3.63, 3.8) is 0 Å². The topological polar surface area (TPSA) is 106 Å². The number of piperidine rings is 1. The first kappa shape index (κ1) is 25.7. The number of hydrogen-bond donors (Lipinski definition) is 2. The van der Waals surface area contributed by atoms with Crippen molar-refractivity contribution in [2.24, 2.45) is 0 Å². The monoisotopic (exact) mass is 559 g/mol. The summed E-state index contributed by atoms with van der Waals surface area (Å²) in [6.45, 7) is 4.82. The zero-order valence-electron chi connectivity index (χ0n) is 21.6. The van der Waals surface area contributed by atoms with E-state index in [1.54, 1.807) is 12.1 Å². The van der Waals surface area contributed by atoms with Crippen molar-refractivity contribution < 1.29 is 13.5 Å². The Morgan fingerprint density at radius 3 is 2.61 bits per heavy atom. The molecule has 2 aromatic heterocycles. The number of nitrogens with one attached hydrogen (secondary N) is 1. The van der Waals surface area contributed by atoms with E-state index in [2.05, 4.69) is 31.6 Å². The Labute approximate surface area is 228 Å². The lowest BCUT2D eigenvalue weighted by molar-refractivity contribution is 0.137. The first-order valence-corrected chi connectivity index (χ1v) is 15.6. The van der Waals surface area contributed by atoms with Crippen LogP contribution >= 0.6 is 11.6 Å². The third kappa shape index (κ3) is 5.29. The molecule has 5 heterocycles. The van der Waals surface area contributed by atoms with Crippen molar-refractivity contribution in [1.82, 2.24) is 19.5 Å². The van der Waals surface area contributed by atoms with Crippen molar-refractivity contribution >= 4 is 44.6 Å². The zero-order valence-corrected chi connectivity index (χ0v) is 23.1. The number of aromatic nitrogens is 3. The number of rotatable bonds is 7. The number of anilines is 3. The summed E-state index contributed by atoms with van der Waals surface area (Å²) < 4.78 is 28.5. The van der Waals surface area contributed by atoms with E-state index in [1.165, 1.54) is 6.42 Å². The average molecular weight is 560 g/mol. The summed E-state index contributed by atoms with van der Waals surface area (Å²) in [6.07, 6.45) is 5.86.